The zero-order chi connectivity index (χ0) is 88.5. The van der Waals surface area contributed by atoms with Gasteiger partial charge in [-0.05, 0) is 243 Å². The van der Waals surface area contributed by atoms with Crippen molar-refractivity contribution in [1.29, 1.82) is 0 Å². The van der Waals surface area contributed by atoms with E-state index in [1.165, 1.54) is 25.0 Å². The number of rotatable bonds is 15. The van der Waals surface area contributed by atoms with Crippen LogP contribution in [0.15, 0.2) is 55.2 Å². The number of nitrogens with one attached hydrogen (secondary N) is 5. The average molecular weight is 2000 g/mol. The van der Waals surface area contributed by atoms with Gasteiger partial charge in [0, 0.05) is 58.7 Å². The first-order valence-electron chi connectivity index (χ1n) is 38.4. The number of hydrogen-bond acceptors (Lipinski definition) is 24. The van der Waals surface area contributed by atoms with Crippen molar-refractivity contribution in [3.05, 3.63) is 160 Å². The third-order valence-electron chi connectivity index (χ3n) is 22.0. The normalized spacial score (nSPS) is 17.7. The van der Waals surface area contributed by atoms with Gasteiger partial charge in [0.15, 0.2) is 36.1 Å². The Hall–Kier alpha value is -4.49. The summed E-state index contributed by atoms with van der Waals surface area (Å²) < 4.78 is 28.7. The lowest BCUT2D eigenvalue weighted by Gasteiger charge is -2.35. The second kappa shape index (κ2) is 40.4. The van der Waals surface area contributed by atoms with Crippen LogP contribution in [0.25, 0.3) is 5.57 Å². The summed E-state index contributed by atoms with van der Waals surface area (Å²) in [5.41, 5.74) is 29.2. The van der Waals surface area contributed by atoms with Crippen LogP contribution in [0.1, 0.15) is 231 Å². The number of anilines is 7. The standard InChI is InChI=1S/C14H21ClN2O4S.C13H20ClN3O.C13H19ClN2O2.C13H17ClN2.C10H14ClIN2O.C10H12ClIN2.C10H15ClN2O/c1-13(2)5-6-16-11-9(13)7-10(17-12(11)15)14(3,18)8-21-22(4,19)20;1-12(2)4-5-16-10-8(12)6-9(17-11(10)14)13(3,18)7-15;1-12(2)4-5-15-10-8(12)6-9(16-11(10)14)13(3,18)7-17;1-8(2)10-7-9-11(12(14)16-10)15-6-5-13(9,3)4;1-10(2,3-4-15)6-5-7(12)14-9(11)8(6)13;1-10(2)3-4-13-8-6(10)5-7(12)14-9(8)11;1-10(2,4-6-14)7-3-5-13-9(11)8(7)12/h7,16,18H,5-6,8H2,1-4H3;6,16,18H,4-5,7,15H2,1-3H3;6,15,17-18H,4-5,7H2,1-3H3;7,15H,1,5-6H2,2-4H3;5,15H,3-4,13H2,1-2H3;5,13H,3-4H2,1-2H3;3,5,14H,4,6,12H2,1-2H3. The summed E-state index contributed by atoms with van der Waals surface area (Å²) in [4.78, 5) is 29.2. The van der Waals surface area contributed by atoms with Crippen LogP contribution in [0, 0.1) is 7.40 Å². The summed E-state index contributed by atoms with van der Waals surface area (Å²) in [5.74, 6) is 0. The number of aromatic nitrogens is 7. The molecule has 34 heteroatoms. The Kier molecular flexibility index (Phi) is 35.0. The summed E-state index contributed by atoms with van der Waals surface area (Å²) in [7, 11) is -3.65. The fraction of sp³-hybridized carbons (Fsp3) is 0.554. The number of fused-ring (bicyclic) bond motifs is 5. The molecule has 0 aliphatic carbocycles. The maximum atomic E-state index is 11.1. The maximum absolute atomic E-state index is 11.1. The molecule has 0 spiro atoms. The second-order valence-corrected chi connectivity index (χ2v) is 41.6. The Balaban J connectivity index is 0.000000213. The van der Waals surface area contributed by atoms with Crippen LogP contribution >= 0.6 is 126 Å². The van der Waals surface area contributed by atoms with Gasteiger partial charge < -0.3 is 74.4 Å². The molecule has 0 amide bonds. The van der Waals surface area contributed by atoms with Gasteiger partial charge in [-0.3, -0.25) is 4.18 Å². The van der Waals surface area contributed by atoms with Crippen LogP contribution in [0.5, 0.6) is 0 Å². The SMILES string of the molecule is C=C(C)c1cc2c(c(Cl)n1)NCCC2(C)C.CC(C)(CCO)c1cc(I)nc(Cl)c1N.CC(C)(CCO)c1ccnc(Cl)c1N.CC1(C)CCNc2c1cc(C(C)(O)CN)nc2Cl.CC1(C)CCNc2c1cc(C(C)(O)CO)nc2Cl.CC1(C)CCNc2c1cc(C(C)(O)COS(C)(=O)=O)nc2Cl.CC1(C)CCNc2c1cc(I)nc2Cl. The van der Waals surface area contributed by atoms with Gasteiger partial charge in [0.1, 0.15) is 30.8 Å². The fourth-order valence-electron chi connectivity index (χ4n) is 13.7. The van der Waals surface area contributed by atoms with Crippen LogP contribution in [0.3, 0.4) is 0 Å². The molecule has 5 aliphatic heterocycles. The van der Waals surface area contributed by atoms with Gasteiger partial charge in [0.05, 0.1) is 75.5 Å². The van der Waals surface area contributed by atoms with Crippen molar-refractivity contribution in [1.82, 2.24) is 34.9 Å². The summed E-state index contributed by atoms with van der Waals surface area (Å²) in [5, 5.41) is 77.2. The van der Waals surface area contributed by atoms with Crippen molar-refractivity contribution in [2.75, 3.05) is 110 Å². The number of aliphatic hydroxyl groups excluding tert-OH is 3. The molecular weight excluding hydrogens is 1890 g/mol. The van der Waals surface area contributed by atoms with E-state index in [-0.39, 0.29) is 75.1 Å². The largest absolute Gasteiger partial charge is 0.396 e. The molecule has 648 valence electrons. The first kappa shape index (κ1) is 101. The Labute approximate surface area is 753 Å². The Bertz CT molecular complexity index is 4720. The van der Waals surface area contributed by atoms with E-state index >= 15 is 0 Å². The number of nitrogen functional groups attached to an aromatic ring is 2. The number of aliphatic hydroxyl groups is 6. The highest BCUT2D eigenvalue weighted by molar-refractivity contribution is 14.1. The van der Waals surface area contributed by atoms with Gasteiger partial charge in [0.2, 0.25) is 0 Å². The number of hydrogen-bond donors (Lipinski definition) is 14. The first-order valence-corrected chi connectivity index (χ1v) is 45.0. The Morgan fingerprint density at radius 1 is 0.487 bits per heavy atom. The van der Waals surface area contributed by atoms with Gasteiger partial charge >= 0.3 is 0 Å². The quantitative estimate of drug-likeness (QED) is 0.0257. The van der Waals surface area contributed by atoms with Gasteiger partial charge in [-0.2, -0.15) is 8.42 Å². The number of allylic oxidation sites excluding steroid dienone is 1. The van der Waals surface area contributed by atoms with E-state index in [2.05, 4.69) is 195 Å². The summed E-state index contributed by atoms with van der Waals surface area (Å²) >= 11 is 47.0. The second-order valence-electron chi connectivity index (χ2n) is 35.3. The molecule has 3 unspecified atom stereocenters. The molecule has 5 aliphatic rings. The van der Waals surface area contributed by atoms with E-state index in [1.807, 2.05) is 58.9 Å². The minimum Gasteiger partial charge on any atom is -0.396 e. The average Bonchev–Trinajstić information content (AvgIpc) is 0.738. The van der Waals surface area contributed by atoms with E-state index in [9.17, 15) is 28.8 Å². The van der Waals surface area contributed by atoms with Crippen LogP contribution in [0.2, 0.25) is 36.1 Å². The third kappa shape index (κ3) is 26.3. The lowest BCUT2D eigenvalue weighted by molar-refractivity contribution is -0.00595. The van der Waals surface area contributed by atoms with E-state index in [4.69, 9.17) is 113 Å². The maximum Gasteiger partial charge on any atom is 0.264 e. The van der Waals surface area contributed by atoms with Crippen molar-refractivity contribution in [2.24, 2.45) is 5.73 Å². The molecule has 3 atom stereocenters. The molecule has 0 aromatic carbocycles. The number of nitrogens with two attached hydrogens (primary N) is 3. The molecule has 12 rings (SSSR count). The van der Waals surface area contributed by atoms with Crippen molar-refractivity contribution in [3.8, 4) is 0 Å². The summed E-state index contributed by atoms with van der Waals surface area (Å²) in [6.07, 6.45) is 9.03. The predicted octanol–water partition coefficient (Wildman–Crippen LogP) is 17.9. The van der Waals surface area contributed by atoms with E-state index in [1.54, 1.807) is 19.2 Å². The Morgan fingerprint density at radius 3 is 1.16 bits per heavy atom. The van der Waals surface area contributed by atoms with Crippen LogP contribution in [-0.2, 0) is 69.0 Å². The lowest BCUT2D eigenvalue weighted by Crippen LogP contribution is -2.34. The first-order chi connectivity index (χ1) is 53.8. The third-order valence-corrected chi connectivity index (χ3v) is 25.6. The molecule has 0 fully saturated rings. The highest BCUT2D eigenvalue weighted by atomic mass is 127. The van der Waals surface area contributed by atoms with E-state index < -0.39 is 33.5 Å². The van der Waals surface area contributed by atoms with Crippen molar-refractivity contribution in [2.45, 2.75) is 224 Å². The van der Waals surface area contributed by atoms with Crippen molar-refractivity contribution >= 4 is 182 Å². The molecule has 117 heavy (non-hydrogen) atoms. The minimum atomic E-state index is -3.65. The molecule has 0 bridgehead atoms. The molecule has 0 saturated heterocycles. The minimum absolute atomic E-state index is 0.0204. The lowest BCUT2D eigenvalue weighted by atomic mass is 9.78. The van der Waals surface area contributed by atoms with Gasteiger partial charge in [-0.15, -0.1) is 0 Å². The molecule has 0 radical (unpaired) electrons. The highest BCUT2D eigenvalue weighted by Crippen LogP contribution is 2.47. The fourth-order valence-corrected chi connectivity index (χ4v) is 17.2. The van der Waals surface area contributed by atoms with E-state index in [0.29, 0.717) is 66.5 Å². The number of halogens is 9. The van der Waals surface area contributed by atoms with Crippen molar-refractivity contribution < 1.29 is 43.2 Å². The van der Waals surface area contributed by atoms with Crippen molar-refractivity contribution in [3.63, 3.8) is 0 Å². The zero-order valence-corrected chi connectivity index (χ0v) is 80.9. The number of nitrogens with zero attached hydrogens (tertiary/aromatic N) is 7. The smallest absolute Gasteiger partial charge is 0.264 e. The number of pyridine rings is 7. The molecule has 24 nitrogen and oxygen atoms in total. The topological polar surface area (TPSA) is 393 Å². The molecule has 12 heterocycles. The van der Waals surface area contributed by atoms with Gasteiger partial charge in [-0.1, -0.05) is 185 Å². The molecule has 7 aromatic rings. The Morgan fingerprint density at radius 2 is 0.803 bits per heavy atom. The highest BCUT2D eigenvalue weighted by Gasteiger charge is 2.39. The van der Waals surface area contributed by atoms with Crippen LogP contribution in [0.4, 0.5) is 39.8 Å². The van der Waals surface area contributed by atoms with Crippen LogP contribution < -0.4 is 43.8 Å². The monoisotopic (exact) mass is 2000 g/mol. The molecule has 7 aromatic heterocycles. The molecular formula is C83H118Cl7I2N15O9S. The molecule has 17 N–H and O–H groups in total. The zero-order valence-electron chi connectivity index (χ0n) is 70.4. The van der Waals surface area contributed by atoms with Gasteiger partial charge in [-0.25, -0.2) is 34.9 Å². The summed E-state index contributed by atoms with van der Waals surface area (Å²) in [6.45, 7) is 44.4. The van der Waals surface area contributed by atoms with E-state index in [0.717, 1.165) is 146 Å². The van der Waals surface area contributed by atoms with Crippen LogP contribution in [-0.4, -0.2) is 146 Å². The van der Waals surface area contributed by atoms with Gasteiger partial charge in [0.25, 0.3) is 10.1 Å². The summed E-state index contributed by atoms with van der Waals surface area (Å²) in [6, 6.07) is 13.5. The predicted molar refractivity (Wildman–Crippen MR) is 499 cm³/mol. The molecule has 0 saturated carbocycles.